The molecule has 106 valence electrons. The van der Waals surface area contributed by atoms with Crippen LogP contribution in [0, 0.1) is 0 Å². The number of rotatable bonds is 3. The van der Waals surface area contributed by atoms with E-state index in [2.05, 4.69) is 48.4 Å². The van der Waals surface area contributed by atoms with E-state index in [9.17, 15) is 0 Å². The Hall–Kier alpha value is -1.39. The van der Waals surface area contributed by atoms with Crippen LogP contribution >= 0.6 is 11.3 Å². The number of nitrogens with one attached hydrogen (secondary N) is 1. The highest BCUT2D eigenvalue weighted by Gasteiger charge is 2.28. The highest BCUT2D eigenvalue weighted by molar-refractivity contribution is 7.13. The molecule has 2 aromatic rings. The number of thiazole rings is 1. The van der Waals surface area contributed by atoms with Gasteiger partial charge in [-0.2, -0.15) is 0 Å². The molecule has 0 spiro atoms. The van der Waals surface area contributed by atoms with Crippen LogP contribution in [0.5, 0.6) is 0 Å². The number of anilines is 1. The second-order valence-electron chi connectivity index (χ2n) is 5.86. The molecule has 1 unspecified atom stereocenters. The van der Waals surface area contributed by atoms with Crippen molar-refractivity contribution in [1.29, 1.82) is 0 Å². The molecule has 20 heavy (non-hydrogen) atoms. The van der Waals surface area contributed by atoms with Gasteiger partial charge in [-0.05, 0) is 38.8 Å². The number of nitrogens with zero attached hydrogens (tertiary/aromatic N) is 1. The van der Waals surface area contributed by atoms with E-state index in [1.165, 1.54) is 11.3 Å². The minimum atomic E-state index is -0.0250. The molecule has 1 aliphatic heterocycles. The maximum Gasteiger partial charge on any atom is 0.123 e. The van der Waals surface area contributed by atoms with Crippen molar-refractivity contribution in [3.63, 3.8) is 0 Å². The molecule has 0 bridgehead atoms. The van der Waals surface area contributed by atoms with Gasteiger partial charge in [-0.3, -0.25) is 0 Å². The summed E-state index contributed by atoms with van der Waals surface area (Å²) in [4.78, 5) is 4.37. The zero-order valence-corrected chi connectivity index (χ0v) is 12.7. The Kier molecular flexibility index (Phi) is 3.76. The summed E-state index contributed by atoms with van der Waals surface area (Å²) in [6.07, 6.45) is 3.94. The maximum atomic E-state index is 5.77. The lowest BCUT2D eigenvalue weighted by Gasteiger charge is -2.36. The summed E-state index contributed by atoms with van der Waals surface area (Å²) < 4.78 is 5.77. The van der Waals surface area contributed by atoms with Crippen molar-refractivity contribution >= 4 is 17.0 Å². The highest BCUT2D eigenvalue weighted by Crippen LogP contribution is 2.28. The monoisotopic (exact) mass is 288 g/mol. The van der Waals surface area contributed by atoms with E-state index in [1.54, 1.807) is 11.3 Å². The molecule has 1 atom stereocenters. The lowest BCUT2D eigenvalue weighted by molar-refractivity contribution is -0.0553. The quantitative estimate of drug-likeness (QED) is 0.920. The van der Waals surface area contributed by atoms with Gasteiger partial charge in [0.1, 0.15) is 5.01 Å². The summed E-state index contributed by atoms with van der Waals surface area (Å²) >= 11 is 1.67. The fraction of sp³-hybridized carbons (Fsp3) is 0.438. The van der Waals surface area contributed by atoms with Gasteiger partial charge in [-0.15, -0.1) is 11.3 Å². The molecule has 2 heterocycles. The highest BCUT2D eigenvalue weighted by atomic mass is 32.1. The van der Waals surface area contributed by atoms with Crippen molar-refractivity contribution in [2.75, 3.05) is 11.9 Å². The van der Waals surface area contributed by atoms with Gasteiger partial charge < -0.3 is 10.1 Å². The molecule has 1 aliphatic rings. The minimum Gasteiger partial charge on any atom is -0.382 e. The first-order valence-electron chi connectivity index (χ1n) is 7.03. The lowest BCUT2D eigenvalue weighted by atomic mass is 9.94. The third kappa shape index (κ3) is 3.19. The van der Waals surface area contributed by atoms with Crippen molar-refractivity contribution in [2.45, 2.75) is 38.3 Å². The normalized spacial score (nSPS) is 21.6. The van der Waals surface area contributed by atoms with Crippen LogP contribution in [-0.2, 0) is 4.74 Å². The Labute approximate surface area is 124 Å². The molecule has 3 nitrogen and oxygen atoms in total. The van der Waals surface area contributed by atoms with Crippen LogP contribution < -0.4 is 5.32 Å². The van der Waals surface area contributed by atoms with Crippen LogP contribution in [0.2, 0.25) is 0 Å². The predicted octanol–water partition coefficient (Wildman–Crippen LogP) is 4.18. The van der Waals surface area contributed by atoms with E-state index >= 15 is 0 Å². The number of hydrogen-bond donors (Lipinski definition) is 1. The van der Waals surface area contributed by atoms with E-state index in [4.69, 9.17) is 4.74 Å². The van der Waals surface area contributed by atoms with Crippen molar-refractivity contribution in [3.8, 4) is 10.6 Å². The molecule has 0 amide bonds. The summed E-state index contributed by atoms with van der Waals surface area (Å²) in [6.45, 7) is 5.15. The van der Waals surface area contributed by atoms with Gasteiger partial charge >= 0.3 is 0 Å². The van der Waals surface area contributed by atoms with Gasteiger partial charge in [0.2, 0.25) is 0 Å². The summed E-state index contributed by atoms with van der Waals surface area (Å²) in [5.41, 5.74) is 2.32. The molecule has 0 saturated carbocycles. The second-order valence-corrected chi connectivity index (χ2v) is 6.75. The third-order valence-corrected chi connectivity index (χ3v) is 4.43. The molecular weight excluding hydrogens is 268 g/mol. The van der Waals surface area contributed by atoms with Crippen LogP contribution in [0.15, 0.2) is 35.8 Å². The number of benzene rings is 1. The molecule has 0 radical (unpaired) electrons. The van der Waals surface area contributed by atoms with Gasteiger partial charge in [0.05, 0.1) is 5.60 Å². The summed E-state index contributed by atoms with van der Waals surface area (Å²) in [7, 11) is 0. The molecule has 4 heteroatoms. The Balaban J connectivity index is 1.73. The average molecular weight is 288 g/mol. The topological polar surface area (TPSA) is 34.2 Å². The molecule has 1 fully saturated rings. The molecule has 1 saturated heterocycles. The van der Waals surface area contributed by atoms with E-state index in [1.807, 2.05) is 11.6 Å². The maximum absolute atomic E-state index is 5.77. The lowest BCUT2D eigenvalue weighted by Crippen LogP contribution is -2.40. The van der Waals surface area contributed by atoms with Crippen molar-refractivity contribution in [3.05, 3.63) is 35.8 Å². The van der Waals surface area contributed by atoms with Gasteiger partial charge in [-0.25, -0.2) is 4.98 Å². The van der Waals surface area contributed by atoms with E-state index in [0.717, 1.165) is 24.5 Å². The van der Waals surface area contributed by atoms with Crippen molar-refractivity contribution in [2.24, 2.45) is 0 Å². The van der Waals surface area contributed by atoms with Crippen LogP contribution in [-0.4, -0.2) is 23.2 Å². The van der Waals surface area contributed by atoms with Crippen LogP contribution in [0.3, 0.4) is 0 Å². The molecule has 3 rings (SSSR count). The van der Waals surface area contributed by atoms with Gasteiger partial charge in [0, 0.05) is 35.5 Å². The van der Waals surface area contributed by atoms with Crippen LogP contribution in [0.1, 0.15) is 26.7 Å². The Bertz CT molecular complexity index is 566. The average Bonchev–Trinajstić information content (AvgIpc) is 2.91. The number of aromatic nitrogens is 1. The fourth-order valence-electron chi connectivity index (χ4n) is 2.70. The zero-order valence-electron chi connectivity index (χ0n) is 11.9. The predicted molar refractivity (Wildman–Crippen MR) is 84.2 cm³/mol. The summed E-state index contributed by atoms with van der Waals surface area (Å²) in [6, 6.07) is 8.98. The van der Waals surface area contributed by atoms with E-state index in [-0.39, 0.29) is 5.60 Å². The number of hydrogen-bond acceptors (Lipinski definition) is 4. The van der Waals surface area contributed by atoms with Crippen LogP contribution in [0.25, 0.3) is 10.6 Å². The van der Waals surface area contributed by atoms with E-state index < -0.39 is 0 Å². The summed E-state index contributed by atoms with van der Waals surface area (Å²) in [5.74, 6) is 0. The van der Waals surface area contributed by atoms with Gasteiger partial charge in [0.25, 0.3) is 0 Å². The first kappa shape index (κ1) is 13.6. The van der Waals surface area contributed by atoms with E-state index in [0.29, 0.717) is 6.04 Å². The molecule has 1 aromatic heterocycles. The van der Waals surface area contributed by atoms with Crippen molar-refractivity contribution < 1.29 is 4.74 Å². The minimum absolute atomic E-state index is 0.0250. The molecule has 1 aromatic carbocycles. The Morgan fingerprint density at radius 1 is 1.40 bits per heavy atom. The first-order chi connectivity index (χ1) is 9.62. The Morgan fingerprint density at radius 3 is 3.05 bits per heavy atom. The zero-order chi connectivity index (χ0) is 14.0. The molecular formula is C16H20N2OS. The van der Waals surface area contributed by atoms with Crippen LogP contribution in [0.4, 0.5) is 5.69 Å². The SMILES string of the molecule is CC1(C)CC(Nc2cccc(-c3nccs3)c2)CCO1. The molecule has 1 N–H and O–H groups in total. The summed E-state index contributed by atoms with van der Waals surface area (Å²) in [5, 5.41) is 6.72. The largest absolute Gasteiger partial charge is 0.382 e. The molecule has 0 aliphatic carbocycles. The van der Waals surface area contributed by atoms with Gasteiger partial charge in [-0.1, -0.05) is 12.1 Å². The smallest absolute Gasteiger partial charge is 0.123 e. The third-order valence-electron chi connectivity index (χ3n) is 3.61. The fourth-order valence-corrected chi connectivity index (χ4v) is 3.33. The second kappa shape index (κ2) is 5.54. The van der Waals surface area contributed by atoms with Gasteiger partial charge in [0.15, 0.2) is 0 Å². The standard InChI is InChI=1S/C16H20N2OS/c1-16(2)11-14(6-8-19-16)18-13-5-3-4-12(10-13)15-17-7-9-20-15/h3-5,7,9-10,14,18H,6,8,11H2,1-2H3. The first-order valence-corrected chi connectivity index (χ1v) is 7.91. The number of ether oxygens (including phenoxy) is 1. The Morgan fingerprint density at radius 2 is 2.30 bits per heavy atom. The van der Waals surface area contributed by atoms with Crippen molar-refractivity contribution in [1.82, 2.24) is 4.98 Å².